The van der Waals surface area contributed by atoms with Crippen LogP contribution in [0.2, 0.25) is 0 Å². The molecule has 2 aromatic heterocycles. The average Bonchev–Trinajstić information content (AvgIpc) is 3.57. The smallest absolute Gasteiger partial charge is 0.331 e. The van der Waals surface area contributed by atoms with E-state index in [1.54, 1.807) is 26.8 Å². The molecule has 0 saturated carbocycles. The number of carboxylic acid groups (broad SMARTS) is 2. The van der Waals surface area contributed by atoms with Gasteiger partial charge in [0.25, 0.3) is 5.91 Å². The summed E-state index contributed by atoms with van der Waals surface area (Å²) >= 11 is 0. The summed E-state index contributed by atoms with van der Waals surface area (Å²) in [5, 5.41) is 30.2. The zero-order valence-electron chi connectivity index (χ0n) is 29.5. The fraction of sp³-hybridized carbons (Fsp3) is 0.378. The fourth-order valence-electron chi connectivity index (χ4n) is 5.40. The normalized spacial score (nSPS) is 13.8. The molecule has 1 saturated heterocycles. The number of carboxylic acids is 2. The second-order valence-corrected chi connectivity index (χ2v) is 12.5. The quantitative estimate of drug-likeness (QED) is 0.0784. The van der Waals surface area contributed by atoms with E-state index in [1.807, 2.05) is 18.2 Å². The second kappa shape index (κ2) is 19.1. The first-order chi connectivity index (χ1) is 24.9. The minimum atomic E-state index is -1.26. The number of benzene rings is 2. The number of nitrogens with zero attached hydrogens (tertiary/aromatic N) is 5. The van der Waals surface area contributed by atoms with Gasteiger partial charge in [-0.1, -0.05) is 60.7 Å². The van der Waals surface area contributed by atoms with Crippen LogP contribution in [0.25, 0.3) is 5.65 Å². The van der Waals surface area contributed by atoms with Gasteiger partial charge in [-0.2, -0.15) is 0 Å². The lowest BCUT2D eigenvalue weighted by Gasteiger charge is -2.34. The van der Waals surface area contributed by atoms with Gasteiger partial charge in [-0.05, 0) is 69.8 Å². The summed E-state index contributed by atoms with van der Waals surface area (Å²) in [4.78, 5) is 50.6. The molecule has 15 heteroatoms. The van der Waals surface area contributed by atoms with E-state index in [9.17, 15) is 19.2 Å². The second-order valence-electron chi connectivity index (χ2n) is 12.5. The molecular formula is C37H45N7O8. The number of rotatable bonds is 15. The van der Waals surface area contributed by atoms with E-state index in [-0.39, 0.29) is 24.6 Å². The van der Waals surface area contributed by atoms with E-state index in [0.29, 0.717) is 23.6 Å². The molecule has 0 radical (unpaired) electrons. The summed E-state index contributed by atoms with van der Waals surface area (Å²) in [6.45, 7) is 8.81. The van der Waals surface area contributed by atoms with E-state index in [4.69, 9.17) is 19.7 Å². The molecule has 3 heterocycles. The topological polar surface area (TPSA) is 198 Å². The van der Waals surface area contributed by atoms with Crippen LogP contribution in [0.4, 0.5) is 5.82 Å². The number of aliphatic carboxylic acids is 2. The van der Waals surface area contributed by atoms with E-state index >= 15 is 0 Å². The number of amides is 1. The maximum absolute atomic E-state index is 12.7. The first-order valence-corrected chi connectivity index (χ1v) is 17.0. The van der Waals surface area contributed by atoms with Gasteiger partial charge in [0.2, 0.25) is 5.82 Å². The van der Waals surface area contributed by atoms with Crippen molar-refractivity contribution >= 4 is 35.3 Å². The molecule has 1 aliphatic rings. The number of aromatic nitrogens is 4. The van der Waals surface area contributed by atoms with Crippen LogP contribution in [0.3, 0.4) is 0 Å². The molecule has 52 heavy (non-hydrogen) atoms. The Morgan fingerprint density at radius 1 is 0.904 bits per heavy atom. The fourth-order valence-corrected chi connectivity index (χ4v) is 5.40. The lowest BCUT2D eigenvalue weighted by molar-refractivity contribution is -0.149. The van der Waals surface area contributed by atoms with Crippen LogP contribution < -0.4 is 10.6 Å². The first-order valence-electron chi connectivity index (χ1n) is 17.0. The van der Waals surface area contributed by atoms with Gasteiger partial charge >= 0.3 is 17.9 Å². The lowest BCUT2D eigenvalue weighted by Crippen LogP contribution is -2.50. The number of ether oxygens (including phenoxy) is 2. The van der Waals surface area contributed by atoms with Gasteiger partial charge in [-0.15, -0.1) is 14.8 Å². The van der Waals surface area contributed by atoms with Crippen LogP contribution in [0, 0.1) is 0 Å². The standard InChI is InChI=1S/C33H41N7O4.C4H4O4/c1-4-43-32(42)33(2,3)36-31(41)30-35-28-17-16-27(37-40(28)38-30)34-20-11-21-39-22-18-26(19-23-39)44-29(24-12-7-5-8-13-24)25-14-9-6-10-15-25;5-3(6)1-2-4(7)8/h5-10,12-17,26,29H,4,11,18-23H2,1-3H3,(H,34,37)(H,36,41);1-2H,(H,5,6)(H,7,8)/b;2-1+. The van der Waals surface area contributed by atoms with Crippen molar-refractivity contribution in [2.75, 3.05) is 38.1 Å². The van der Waals surface area contributed by atoms with Crippen molar-refractivity contribution in [3.05, 3.63) is 102 Å². The molecule has 15 nitrogen and oxygen atoms in total. The molecule has 0 unspecified atom stereocenters. The van der Waals surface area contributed by atoms with Crippen molar-refractivity contribution in [1.82, 2.24) is 30.0 Å². The van der Waals surface area contributed by atoms with Gasteiger partial charge in [0.1, 0.15) is 17.5 Å². The monoisotopic (exact) mass is 715 g/mol. The maximum Gasteiger partial charge on any atom is 0.331 e. The number of likely N-dealkylation sites (tertiary alicyclic amines) is 1. The molecule has 2 aromatic carbocycles. The molecule has 1 fully saturated rings. The van der Waals surface area contributed by atoms with Gasteiger partial charge in [0.05, 0.1) is 12.7 Å². The molecule has 1 amide bonds. The number of anilines is 1. The number of esters is 1. The lowest BCUT2D eigenvalue weighted by atomic mass is 10.00. The van der Waals surface area contributed by atoms with Crippen molar-refractivity contribution in [3.63, 3.8) is 0 Å². The summed E-state index contributed by atoms with van der Waals surface area (Å²) in [7, 11) is 0. The van der Waals surface area contributed by atoms with Crippen LogP contribution in [0.15, 0.2) is 84.9 Å². The van der Waals surface area contributed by atoms with Gasteiger partial charge in [-0.3, -0.25) is 4.79 Å². The highest BCUT2D eigenvalue weighted by Crippen LogP contribution is 2.30. The Kier molecular flexibility index (Phi) is 14.4. The van der Waals surface area contributed by atoms with Crippen LogP contribution in [-0.2, 0) is 23.9 Å². The third-order valence-corrected chi connectivity index (χ3v) is 8.02. The van der Waals surface area contributed by atoms with Crippen molar-refractivity contribution < 1.29 is 38.9 Å². The molecule has 4 aromatic rings. The summed E-state index contributed by atoms with van der Waals surface area (Å²) in [5.41, 5.74) is 1.59. The number of nitrogens with one attached hydrogen (secondary N) is 2. The molecule has 0 spiro atoms. The summed E-state index contributed by atoms with van der Waals surface area (Å²) < 4.78 is 13.0. The number of carbonyl (C=O) groups excluding carboxylic acids is 2. The van der Waals surface area contributed by atoms with Gasteiger partial charge in [-0.25, -0.2) is 19.4 Å². The molecule has 276 valence electrons. The maximum atomic E-state index is 12.7. The summed E-state index contributed by atoms with van der Waals surface area (Å²) in [6.07, 6.45) is 4.23. The van der Waals surface area contributed by atoms with Crippen LogP contribution in [0.1, 0.15) is 67.9 Å². The third-order valence-electron chi connectivity index (χ3n) is 8.02. The minimum Gasteiger partial charge on any atom is -0.478 e. The number of piperidine rings is 1. The number of hydrogen-bond acceptors (Lipinski definition) is 11. The van der Waals surface area contributed by atoms with Crippen molar-refractivity contribution in [2.45, 2.75) is 57.8 Å². The predicted molar refractivity (Wildman–Crippen MR) is 192 cm³/mol. The van der Waals surface area contributed by atoms with Crippen molar-refractivity contribution in [2.24, 2.45) is 0 Å². The Hall–Kier alpha value is -5.67. The number of hydrogen-bond donors (Lipinski definition) is 4. The van der Waals surface area contributed by atoms with E-state index in [1.165, 1.54) is 15.8 Å². The Bertz CT molecular complexity index is 1750. The summed E-state index contributed by atoms with van der Waals surface area (Å²) in [5.74, 6) is -3.05. The highest BCUT2D eigenvalue weighted by molar-refractivity contribution is 5.95. The highest BCUT2D eigenvalue weighted by Gasteiger charge is 2.32. The Morgan fingerprint density at radius 3 is 2.06 bits per heavy atom. The third kappa shape index (κ3) is 12.0. The summed E-state index contributed by atoms with van der Waals surface area (Å²) in [6, 6.07) is 24.5. The van der Waals surface area contributed by atoms with Crippen molar-refractivity contribution in [3.8, 4) is 0 Å². The van der Waals surface area contributed by atoms with Crippen molar-refractivity contribution in [1.29, 1.82) is 0 Å². The zero-order chi connectivity index (χ0) is 37.5. The van der Waals surface area contributed by atoms with E-state index in [2.05, 4.69) is 79.2 Å². The van der Waals surface area contributed by atoms with E-state index in [0.717, 1.165) is 45.4 Å². The molecular weight excluding hydrogens is 670 g/mol. The molecule has 0 bridgehead atoms. The zero-order valence-corrected chi connectivity index (χ0v) is 29.5. The SMILES string of the molecule is CCOC(=O)C(C)(C)NC(=O)c1nc2ccc(NCCCN3CCC(OC(c4ccccc4)c4ccccc4)CC3)nn2n1.O=C(O)/C=C/C(=O)O. The van der Waals surface area contributed by atoms with Crippen LogP contribution in [0.5, 0.6) is 0 Å². The number of fused-ring (bicyclic) bond motifs is 1. The van der Waals surface area contributed by atoms with Crippen LogP contribution in [-0.4, -0.2) is 103 Å². The molecule has 0 aliphatic carbocycles. The Morgan fingerprint density at radius 2 is 1.50 bits per heavy atom. The Balaban J connectivity index is 0.000000677. The van der Waals surface area contributed by atoms with E-state index < -0.39 is 29.4 Å². The molecule has 5 rings (SSSR count). The molecule has 4 N–H and O–H groups in total. The minimum absolute atomic E-state index is 0.0603. The van der Waals surface area contributed by atoms with Crippen LogP contribution >= 0.6 is 0 Å². The molecule has 1 aliphatic heterocycles. The molecule has 0 atom stereocenters. The largest absolute Gasteiger partial charge is 0.478 e. The van der Waals surface area contributed by atoms with Gasteiger partial charge in [0.15, 0.2) is 5.65 Å². The highest BCUT2D eigenvalue weighted by atomic mass is 16.5. The first kappa shape index (κ1) is 39.1. The number of carbonyl (C=O) groups is 4. The predicted octanol–water partition coefficient (Wildman–Crippen LogP) is 3.98. The van der Waals surface area contributed by atoms with Gasteiger partial charge < -0.3 is 35.2 Å². The average molecular weight is 716 g/mol. The Labute approximate surface area is 301 Å². The van der Waals surface area contributed by atoms with Gasteiger partial charge in [0, 0.05) is 31.8 Å².